The fourth-order valence-corrected chi connectivity index (χ4v) is 2.84. The number of ether oxygens (including phenoxy) is 2. The number of ketones is 1. The third-order valence-electron chi connectivity index (χ3n) is 4.72. The highest BCUT2D eigenvalue weighted by atomic mass is 16.5. The molecule has 2 aromatic rings. The van der Waals surface area contributed by atoms with E-state index in [0.29, 0.717) is 23.5 Å². The predicted molar refractivity (Wildman–Crippen MR) is 100 cm³/mol. The van der Waals surface area contributed by atoms with Crippen LogP contribution in [-0.4, -0.2) is 25.5 Å². The van der Waals surface area contributed by atoms with Crippen LogP contribution in [0, 0.1) is 5.41 Å². The molecule has 0 saturated carbocycles. The minimum atomic E-state index is -1.05. The summed E-state index contributed by atoms with van der Waals surface area (Å²) in [5.74, 6) is 0.995. The van der Waals surface area contributed by atoms with Crippen LogP contribution in [0.1, 0.15) is 36.7 Å². The number of benzene rings is 2. The summed E-state index contributed by atoms with van der Waals surface area (Å²) in [5.41, 5.74) is 6.81. The fourth-order valence-electron chi connectivity index (χ4n) is 2.84. The van der Waals surface area contributed by atoms with Crippen molar-refractivity contribution >= 4 is 5.78 Å². The first-order chi connectivity index (χ1) is 11.7. The van der Waals surface area contributed by atoms with Gasteiger partial charge in [-0.05, 0) is 35.6 Å². The molecule has 0 heterocycles. The Morgan fingerprint density at radius 1 is 0.960 bits per heavy atom. The smallest absolute Gasteiger partial charge is 0.183 e. The first-order valence-electron chi connectivity index (χ1n) is 8.32. The first kappa shape index (κ1) is 19.0. The molecule has 2 aromatic carbocycles. The Bertz CT molecular complexity index is 735. The maximum atomic E-state index is 13.4. The number of Topliss-reactive ketones (excluding diaryl/α,β-unsaturated/α-hetero) is 1. The van der Waals surface area contributed by atoms with Crippen LogP contribution >= 0.6 is 0 Å². The van der Waals surface area contributed by atoms with Gasteiger partial charge in [-0.3, -0.25) is 4.79 Å². The lowest BCUT2D eigenvalue weighted by Crippen LogP contribution is -2.59. The van der Waals surface area contributed by atoms with E-state index in [0.717, 1.165) is 5.56 Å². The van der Waals surface area contributed by atoms with E-state index in [4.69, 9.17) is 15.2 Å². The Labute approximate surface area is 150 Å². The lowest BCUT2D eigenvalue weighted by molar-refractivity contribution is 0.0746. The zero-order chi connectivity index (χ0) is 18.7. The quantitative estimate of drug-likeness (QED) is 0.810. The van der Waals surface area contributed by atoms with Crippen LogP contribution in [-0.2, 0) is 6.42 Å². The van der Waals surface area contributed by atoms with Gasteiger partial charge in [0.15, 0.2) is 17.3 Å². The maximum absolute atomic E-state index is 13.4. The van der Waals surface area contributed by atoms with E-state index in [1.165, 1.54) is 0 Å². The number of hydrogen-bond acceptors (Lipinski definition) is 4. The van der Waals surface area contributed by atoms with Crippen molar-refractivity contribution in [2.75, 3.05) is 14.2 Å². The van der Waals surface area contributed by atoms with E-state index in [1.54, 1.807) is 32.4 Å². The Morgan fingerprint density at radius 2 is 1.56 bits per heavy atom. The normalized spacial score (nSPS) is 13.8. The number of hydrogen-bond donors (Lipinski definition) is 1. The van der Waals surface area contributed by atoms with Gasteiger partial charge in [-0.15, -0.1) is 0 Å². The predicted octanol–water partition coefficient (Wildman–Crippen LogP) is 3.87. The molecule has 0 amide bonds. The zero-order valence-corrected chi connectivity index (χ0v) is 15.6. The number of methoxy groups -OCH3 is 2. The third-order valence-corrected chi connectivity index (χ3v) is 4.72. The summed E-state index contributed by atoms with van der Waals surface area (Å²) in [6.45, 7) is 5.98. The van der Waals surface area contributed by atoms with Gasteiger partial charge in [0.05, 0.1) is 19.8 Å². The maximum Gasteiger partial charge on any atom is 0.183 e. The van der Waals surface area contributed by atoms with Gasteiger partial charge in [0, 0.05) is 5.56 Å². The molecule has 0 aliphatic carbocycles. The molecule has 2 N–H and O–H groups in total. The molecule has 0 aliphatic rings. The Hall–Kier alpha value is -2.33. The second kappa shape index (κ2) is 7.28. The van der Waals surface area contributed by atoms with Crippen molar-refractivity contribution in [2.45, 2.75) is 32.7 Å². The van der Waals surface area contributed by atoms with Crippen molar-refractivity contribution in [1.29, 1.82) is 0 Å². The molecule has 1 atom stereocenters. The van der Waals surface area contributed by atoms with Crippen LogP contribution in [0.25, 0.3) is 0 Å². The molecule has 0 aromatic heterocycles. The van der Waals surface area contributed by atoms with Crippen LogP contribution in [0.4, 0.5) is 0 Å². The summed E-state index contributed by atoms with van der Waals surface area (Å²) in [6, 6.07) is 15.0. The Balaban J connectivity index is 2.46. The molecule has 134 valence electrons. The minimum Gasteiger partial charge on any atom is -0.493 e. The number of rotatable bonds is 6. The molecular formula is C21H27NO3. The average Bonchev–Trinajstić information content (AvgIpc) is 2.60. The van der Waals surface area contributed by atoms with E-state index >= 15 is 0 Å². The Morgan fingerprint density at radius 3 is 2.08 bits per heavy atom. The molecule has 2 rings (SSSR count). The van der Waals surface area contributed by atoms with Crippen LogP contribution in [0.5, 0.6) is 11.5 Å². The zero-order valence-electron chi connectivity index (χ0n) is 15.6. The molecule has 1 unspecified atom stereocenters. The van der Waals surface area contributed by atoms with E-state index in [-0.39, 0.29) is 5.78 Å². The summed E-state index contributed by atoms with van der Waals surface area (Å²) in [4.78, 5) is 13.4. The van der Waals surface area contributed by atoms with Gasteiger partial charge in [0.1, 0.15) is 0 Å². The van der Waals surface area contributed by atoms with Gasteiger partial charge in [-0.1, -0.05) is 51.1 Å². The second-order valence-electron chi connectivity index (χ2n) is 7.28. The van der Waals surface area contributed by atoms with Crippen LogP contribution in [0.2, 0.25) is 0 Å². The number of nitrogens with two attached hydrogens (primary N) is 1. The summed E-state index contributed by atoms with van der Waals surface area (Å²) >= 11 is 0. The lowest BCUT2D eigenvalue weighted by atomic mass is 9.67. The van der Waals surface area contributed by atoms with Gasteiger partial charge in [-0.25, -0.2) is 0 Å². The van der Waals surface area contributed by atoms with Crippen LogP contribution in [0.15, 0.2) is 48.5 Å². The molecule has 4 nitrogen and oxygen atoms in total. The third kappa shape index (κ3) is 3.85. The summed E-state index contributed by atoms with van der Waals surface area (Å²) in [6.07, 6.45) is 0.463. The number of carbonyl (C=O) groups is 1. The molecule has 0 saturated heterocycles. The van der Waals surface area contributed by atoms with E-state index in [1.807, 2.05) is 51.1 Å². The van der Waals surface area contributed by atoms with E-state index < -0.39 is 11.0 Å². The van der Waals surface area contributed by atoms with Gasteiger partial charge in [-0.2, -0.15) is 0 Å². The summed E-state index contributed by atoms with van der Waals surface area (Å²) < 4.78 is 10.6. The monoisotopic (exact) mass is 341 g/mol. The largest absolute Gasteiger partial charge is 0.493 e. The van der Waals surface area contributed by atoms with E-state index in [9.17, 15) is 4.79 Å². The highest BCUT2D eigenvalue weighted by Crippen LogP contribution is 2.36. The number of carbonyl (C=O) groups excluding carboxylic acids is 1. The highest BCUT2D eigenvalue weighted by molar-refractivity contribution is 6.04. The molecule has 25 heavy (non-hydrogen) atoms. The SMILES string of the molecule is COc1ccc(C(=O)C(N)(Cc2ccccc2)C(C)(C)C)cc1OC. The van der Waals surface area contributed by atoms with Crippen molar-refractivity contribution in [3.05, 3.63) is 59.7 Å². The van der Waals surface area contributed by atoms with E-state index in [2.05, 4.69) is 0 Å². The summed E-state index contributed by atoms with van der Waals surface area (Å²) in [5, 5.41) is 0. The van der Waals surface area contributed by atoms with Crippen molar-refractivity contribution in [1.82, 2.24) is 0 Å². The van der Waals surface area contributed by atoms with Gasteiger partial charge in [0.25, 0.3) is 0 Å². The molecule has 0 spiro atoms. The van der Waals surface area contributed by atoms with Crippen LogP contribution < -0.4 is 15.2 Å². The molecule has 0 radical (unpaired) electrons. The van der Waals surface area contributed by atoms with Crippen molar-refractivity contribution in [3.8, 4) is 11.5 Å². The van der Waals surface area contributed by atoms with Crippen molar-refractivity contribution < 1.29 is 14.3 Å². The Kier molecular flexibility index (Phi) is 5.53. The average molecular weight is 341 g/mol. The molecule has 0 fully saturated rings. The molecule has 0 bridgehead atoms. The second-order valence-corrected chi connectivity index (χ2v) is 7.28. The first-order valence-corrected chi connectivity index (χ1v) is 8.32. The van der Waals surface area contributed by atoms with Crippen LogP contribution in [0.3, 0.4) is 0 Å². The summed E-state index contributed by atoms with van der Waals surface area (Å²) in [7, 11) is 3.12. The van der Waals surface area contributed by atoms with Crippen molar-refractivity contribution in [2.24, 2.45) is 11.1 Å². The van der Waals surface area contributed by atoms with Crippen molar-refractivity contribution in [3.63, 3.8) is 0 Å². The van der Waals surface area contributed by atoms with Gasteiger partial charge < -0.3 is 15.2 Å². The van der Waals surface area contributed by atoms with Gasteiger partial charge in [0.2, 0.25) is 0 Å². The topological polar surface area (TPSA) is 61.5 Å². The molecular weight excluding hydrogens is 314 g/mol. The minimum absolute atomic E-state index is 0.107. The highest BCUT2D eigenvalue weighted by Gasteiger charge is 2.45. The molecule has 4 heteroatoms. The lowest BCUT2D eigenvalue weighted by Gasteiger charge is -2.40. The standard InChI is InChI=1S/C21H27NO3/c1-20(2,3)21(22,14-15-9-7-6-8-10-15)19(23)16-11-12-17(24-4)18(13-16)25-5/h6-13H,14,22H2,1-5H3. The molecule has 0 aliphatic heterocycles. The fraction of sp³-hybridized carbons (Fsp3) is 0.381. The van der Waals surface area contributed by atoms with Gasteiger partial charge >= 0.3 is 0 Å².